The first-order chi connectivity index (χ1) is 17.7. The first-order valence-electron chi connectivity index (χ1n) is 12.7. The minimum absolute atomic E-state index is 0.0402. The lowest BCUT2D eigenvalue weighted by molar-refractivity contribution is 0.259. The summed E-state index contributed by atoms with van der Waals surface area (Å²) in [5.74, 6) is 2.61. The zero-order chi connectivity index (χ0) is 24.5. The van der Waals surface area contributed by atoms with E-state index in [0.29, 0.717) is 19.8 Å². The molecule has 3 aliphatic heterocycles. The van der Waals surface area contributed by atoms with Crippen LogP contribution in [-0.4, -0.2) is 58.0 Å². The third-order valence-electron chi connectivity index (χ3n) is 6.89. The number of benzene rings is 3. The SMILES string of the molecule is Cc1cccc(C(c2ccc(OCC3CO3)cc2)c2cccc(OCC3CO3)c2C)c1OCC1CO1. The van der Waals surface area contributed by atoms with Crippen LogP contribution in [0, 0.1) is 13.8 Å². The monoisotopic (exact) mass is 488 g/mol. The number of rotatable bonds is 12. The van der Waals surface area contributed by atoms with Gasteiger partial charge in [0, 0.05) is 11.5 Å². The van der Waals surface area contributed by atoms with Gasteiger partial charge in [-0.3, -0.25) is 0 Å². The molecule has 6 rings (SSSR count). The number of epoxide rings is 3. The molecule has 0 amide bonds. The second-order valence-electron chi connectivity index (χ2n) is 9.76. The predicted molar refractivity (Wildman–Crippen MR) is 135 cm³/mol. The second-order valence-corrected chi connectivity index (χ2v) is 9.76. The summed E-state index contributed by atoms with van der Waals surface area (Å²) in [5.41, 5.74) is 5.70. The maximum absolute atomic E-state index is 6.36. The van der Waals surface area contributed by atoms with Crippen molar-refractivity contribution < 1.29 is 28.4 Å². The molecule has 0 bridgehead atoms. The predicted octanol–water partition coefficient (Wildman–Crippen LogP) is 4.82. The van der Waals surface area contributed by atoms with Crippen molar-refractivity contribution in [2.45, 2.75) is 38.1 Å². The van der Waals surface area contributed by atoms with Crippen molar-refractivity contribution >= 4 is 0 Å². The molecule has 0 aromatic heterocycles. The molecule has 188 valence electrons. The van der Waals surface area contributed by atoms with Crippen LogP contribution in [0.5, 0.6) is 17.2 Å². The van der Waals surface area contributed by atoms with E-state index in [1.165, 1.54) is 5.56 Å². The van der Waals surface area contributed by atoms with Gasteiger partial charge >= 0.3 is 0 Å². The first kappa shape index (κ1) is 23.3. The Bertz CT molecular complexity index is 1190. The van der Waals surface area contributed by atoms with Crippen LogP contribution >= 0.6 is 0 Å². The van der Waals surface area contributed by atoms with Gasteiger partial charge in [-0.15, -0.1) is 0 Å². The van der Waals surface area contributed by atoms with E-state index < -0.39 is 0 Å². The summed E-state index contributed by atoms with van der Waals surface area (Å²) in [6.07, 6.45) is 0.621. The normalized spacial score (nSPS) is 22.6. The van der Waals surface area contributed by atoms with Crippen molar-refractivity contribution in [1.29, 1.82) is 0 Å². The molecule has 0 N–H and O–H groups in total. The number of hydrogen-bond donors (Lipinski definition) is 0. The van der Waals surface area contributed by atoms with Crippen molar-refractivity contribution in [1.82, 2.24) is 0 Å². The van der Waals surface area contributed by atoms with Crippen LogP contribution in [-0.2, 0) is 14.2 Å². The molecule has 3 fully saturated rings. The quantitative estimate of drug-likeness (QED) is 0.269. The van der Waals surface area contributed by atoms with E-state index in [9.17, 15) is 0 Å². The fourth-order valence-corrected chi connectivity index (χ4v) is 4.52. The topological polar surface area (TPSA) is 65.3 Å². The summed E-state index contributed by atoms with van der Waals surface area (Å²) < 4.78 is 34.4. The maximum Gasteiger partial charge on any atom is 0.126 e. The highest BCUT2D eigenvalue weighted by atomic mass is 16.6. The highest BCUT2D eigenvalue weighted by molar-refractivity contribution is 5.56. The van der Waals surface area contributed by atoms with Crippen molar-refractivity contribution in [3.8, 4) is 17.2 Å². The van der Waals surface area contributed by atoms with Crippen LogP contribution in [0.25, 0.3) is 0 Å². The number of ether oxygens (including phenoxy) is 6. The lowest BCUT2D eigenvalue weighted by Crippen LogP contribution is -2.13. The fourth-order valence-electron chi connectivity index (χ4n) is 4.52. The second kappa shape index (κ2) is 10.1. The average molecular weight is 489 g/mol. The molecule has 3 aromatic carbocycles. The number of hydrogen-bond acceptors (Lipinski definition) is 6. The van der Waals surface area contributed by atoms with Crippen LogP contribution < -0.4 is 14.2 Å². The van der Waals surface area contributed by atoms with Gasteiger partial charge < -0.3 is 28.4 Å². The van der Waals surface area contributed by atoms with Crippen LogP contribution in [0.2, 0.25) is 0 Å². The minimum Gasteiger partial charge on any atom is -0.491 e. The standard InChI is InChI=1S/C30H32O6/c1-19-5-3-7-27(30(19)36-18-25-16-34-25)29(21-9-11-22(12-10-21)31-13-23-14-32-23)26-6-4-8-28(20(26)2)35-17-24-15-33-24/h3-12,23-25,29H,13-18H2,1-2H3. The molecule has 3 aliphatic rings. The molecule has 4 unspecified atom stereocenters. The molecular weight excluding hydrogens is 456 g/mol. The molecule has 4 atom stereocenters. The van der Waals surface area contributed by atoms with Crippen LogP contribution in [0.1, 0.15) is 33.7 Å². The van der Waals surface area contributed by atoms with Gasteiger partial charge in [-0.05, 0) is 54.3 Å². The van der Waals surface area contributed by atoms with Crippen molar-refractivity contribution in [2.75, 3.05) is 39.6 Å². The van der Waals surface area contributed by atoms with Gasteiger partial charge in [0.25, 0.3) is 0 Å². The molecular formula is C30H32O6. The van der Waals surface area contributed by atoms with E-state index in [1.54, 1.807) is 0 Å². The molecule has 36 heavy (non-hydrogen) atoms. The van der Waals surface area contributed by atoms with Gasteiger partial charge in [0.05, 0.1) is 19.8 Å². The zero-order valence-electron chi connectivity index (χ0n) is 20.8. The fraction of sp³-hybridized carbons (Fsp3) is 0.400. The third kappa shape index (κ3) is 5.51. The van der Waals surface area contributed by atoms with Gasteiger partial charge in [-0.2, -0.15) is 0 Å². The van der Waals surface area contributed by atoms with Crippen molar-refractivity contribution in [2.24, 2.45) is 0 Å². The van der Waals surface area contributed by atoms with Crippen LogP contribution in [0.15, 0.2) is 60.7 Å². The molecule has 0 aliphatic carbocycles. The zero-order valence-corrected chi connectivity index (χ0v) is 20.8. The van der Waals surface area contributed by atoms with Crippen LogP contribution in [0.4, 0.5) is 0 Å². The van der Waals surface area contributed by atoms with E-state index in [1.807, 2.05) is 18.2 Å². The molecule has 3 heterocycles. The summed E-state index contributed by atoms with van der Waals surface area (Å²) in [6, 6.07) is 21.0. The number of para-hydroxylation sites is 1. The summed E-state index contributed by atoms with van der Waals surface area (Å²) in [7, 11) is 0. The molecule has 0 radical (unpaired) electrons. The Morgan fingerprint density at radius 1 is 0.694 bits per heavy atom. The number of aryl methyl sites for hydroxylation is 1. The molecule has 0 spiro atoms. The Labute approximate surface area is 212 Å². The van der Waals surface area contributed by atoms with Crippen molar-refractivity contribution in [3.05, 3.63) is 88.5 Å². The van der Waals surface area contributed by atoms with E-state index in [0.717, 1.165) is 59.3 Å². The van der Waals surface area contributed by atoms with E-state index in [-0.39, 0.29) is 24.2 Å². The Hall–Kier alpha value is -3.06. The third-order valence-corrected chi connectivity index (χ3v) is 6.89. The summed E-state index contributed by atoms with van der Waals surface area (Å²) in [5, 5.41) is 0. The highest BCUT2D eigenvalue weighted by Gasteiger charge is 2.29. The largest absolute Gasteiger partial charge is 0.491 e. The molecule has 0 saturated carbocycles. The maximum atomic E-state index is 6.36. The van der Waals surface area contributed by atoms with Gasteiger partial charge in [-0.25, -0.2) is 0 Å². The Morgan fingerprint density at radius 3 is 1.94 bits per heavy atom. The first-order valence-corrected chi connectivity index (χ1v) is 12.7. The summed E-state index contributed by atoms with van der Waals surface area (Å²) in [6.45, 7) is 8.28. The average Bonchev–Trinajstić information content (AvgIpc) is 3.75. The smallest absolute Gasteiger partial charge is 0.126 e. The summed E-state index contributed by atoms with van der Waals surface area (Å²) in [4.78, 5) is 0. The minimum atomic E-state index is -0.0402. The Balaban J connectivity index is 1.37. The van der Waals surface area contributed by atoms with Crippen LogP contribution in [0.3, 0.4) is 0 Å². The molecule has 6 heteroatoms. The van der Waals surface area contributed by atoms with Gasteiger partial charge in [0.2, 0.25) is 0 Å². The van der Waals surface area contributed by atoms with Gasteiger partial charge in [0.1, 0.15) is 55.4 Å². The van der Waals surface area contributed by atoms with Gasteiger partial charge in [-0.1, -0.05) is 42.5 Å². The lowest BCUT2D eigenvalue weighted by atomic mass is 9.82. The lowest BCUT2D eigenvalue weighted by Gasteiger charge is -2.25. The van der Waals surface area contributed by atoms with Gasteiger partial charge in [0.15, 0.2) is 0 Å². The van der Waals surface area contributed by atoms with Crippen molar-refractivity contribution in [3.63, 3.8) is 0 Å². The Morgan fingerprint density at radius 2 is 1.28 bits per heavy atom. The van der Waals surface area contributed by atoms with E-state index in [2.05, 4.69) is 56.3 Å². The Kier molecular flexibility index (Phi) is 6.57. The molecule has 3 saturated heterocycles. The molecule has 6 nitrogen and oxygen atoms in total. The highest BCUT2D eigenvalue weighted by Crippen LogP contribution is 2.42. The van der Waals surface area contributed by atoms with E-state index in [4.69, 9.17) is 28.4 Å². The van der Waals surface area contributed by atoms with E-state index >= 15 is 0 Å². The molecule has 3 aromatic rings. The summed E-state index contributed by atoms with van der Waals surface area (Å²) >= 11 is 0.